The molecule has 24 heavy (non-hydrogen) atoms. The fourth-order valence-electron chi connectivity index (χ4n) is 3.31. The Kier molecular flexibility index (Phi) is 5.10. The van der Waals surface area contributed by atoms with Crippen LogP contribution in [0.5, 0.6) is 0 Å². The van der Waals surface area contributed by atoms with E-state index in [1.165, 1.54) is 22.3 Å². The number of hydrogen-bond donors (Lipinski definition) is 0. The highest BCUT2D eigenvalue weighted by molar-refractivity contribution is 5.82. The molecule has 2 aromatic carbocycles. The first-order valence-corrected chi connectivity index (χ1v) is 8.70. The van der Waals surface area contributed by atoms with Crippen molar-refractivity contribution in [2.45, 2.75) is 32.6 Å². The molecule has 0 saturated carbocycles. The maximum absolute atomic E-state index is 12.1. The quantitative estimate of drug-likeness (QED) is 0.658. The molecule has 0 saturated heterocycles. The minimum Gasteiger partial charge on any atom is -0.299 e. The van der Waals surface area contributed by atoms with E-state index in [1.807, 2.05) is 19.9 Å². The van der Waals surface area contributed by atoms with Crippen LogP contribution in [0.25, 0.3) is 5.57 Å². The number of Topliss-reactive ketones (excluding diaryl/α,β-unsaturated/α-hetero) is 1. The third-order valence-electron chi connectivity index (χ3n) is 4.70. The van der Waals surface area contributed by atoms with Gasteiger partial charge in [-0.25, -0.2) is 0 Å². The van der Waals surface area contributed by atoms with E-state index in [0.29, 0.717) is 12.2 Å². The second-order valence-electron chi connectivity index (χ2n) is 6.69. The maximum atomic E-state index is 12.1. The standard InChI is InChI=1S/C23H24O/c1-17(2)22(24)16-14-20-13-15-21(18-9-5-3-6-10-18)23(20)19-11-7-4-8-12-19/h3-13,15,17,23H,14,16H2,1-2H3. The molecule has 1 atom stereocenters. The minimum absolute atomic E-state index is 0.115. The molecule has 0 fully saturated rings. The van der Waals surface area contributed by atoms with Gasteiger partial charge in [0, 0.05) is 18.3 Å². The van der Waals surface area contributed by atoms with Crippen molar-refractivity contribution in [3.8, 4) is 0 Å². The average molecular weight is 316 g/mol. The van der Waals surface area contributed by atoms with E-state index in [2.05, 4.69) is 66.7 Å². The molecular formula is C23H24O. The molecule has 0 spiro atoms. The second-order valence-corrected chi connectivity index (χ2v) is 6.69. The molecule has 0 N–H and O–H groups in total. The fourth-order valence-corrected chi connectivity index (χ4v) is 3.31. The van der Waals surface area contributed by atoms with Crippen LogP contribution in [0.3, 0.4) is 0 Å². The number of ketones is 1. The van der Waals surface area contributed by atoms with Gasteiger partial charge in [-0.1, -0.05) is 92.2 Å². The number of carbonyl (C=O) groups is 1. The fraction of sp³-hybridized carbons (Fsp3) is 0.261. The molecule has 1 nitrogen and oxygen atoms in total. The Morgan fingerprint density at radius 1 is 0.917 bits per heavy atom. The van der Waals surface area contributed by atoms with E-state index >= 15 is 0 Å². The Hall–Kier alpha value is -2.41. The third-order valence-corrected chi connectivity index (χ3v) is 4.70. The number of benzene rings is 2. The van der Waals surface area contributed by atoms with E-state index in [0.717, 1.165) is 6.42 Å². The molecule has 0 heterocycles. The first-order chi connectivity index (χ1) is 11.7. The van der Waals surface area contributed by atoms with Crippen LogP contribution in [-0.2, 0) is 4.79 Å². The topological polar surface area (TPSA) is 17.1 Å². The molecular weight excluding hydrogens is 292 g/mol. The summed E-state index contributed by atoms with van der Waals surface area (Å²) in [5, 5.41) is 0. The monoisotopic (exact) mass is 316 g/mol. The van der Waals surface area contributed by atoms with E-state index in [1.54, 1.807) is 0 Å². The molecule has 1 heteroatoms. The van der Waals surface area contributed by atoms with Crippen molar-refractivity contribution in [1.82, 2.24) is 0 Å². The van der Waals surface area contributed by atoms with Crippen molar-refractivity contribution in [2.24, 2.45) is 5.92 Å². The zero-order valence-corrected chi connectivity index (χ0v) is 14.4. The normalized spacial score (nSPS) is 16.9. The molecule has 1 aliphatic carbocycles. The molecule has 0 bridgehead atoms. The van der Waals surface area contributed by atoms with Crippen molar-refractivity contribution in [1.29, 1.82) is 0 Å². The predicted molar refractivity (Wildman–Crippen MR) is 101 cm³/mol. The Morgan fingerprint density at radius 3 is 2.17 bits per heavy atom. The number of rotatable bonds is 6. The van der Waals surface area contributed by atoms with E-state index in [4.69, 9.17) is 0 Å². The third kappa shape index (κ3) is 3.56. The summed E-state index contributed by atoms with van der Waals surface area (Å²) in [6, 6.07) is 21.1. The Balaban J connectivity index is 1.87. The Labute approximate surface area is 144 Å². The van der Waals surface area contributed by atoms with Gasteiger partial charge in [0.25, 0.3) is 0 Å². The van der Waals surface area contributed by atoms with Gasteiger partial charge in [-0.3, -0.25) is 4.79 Å². The van der Waals surface area contributed by atoms with Crippen LogP contribution in [0.1, 0.15) is 43.7 Å². The van der Waals surface area contributed by atoms with Gasteiger partial charge in [-0.05, 0) is 23.1 Å². The van der Waals surface area contributed by atoms with Gasteiger partial charge in [-0.15, -0.1) is 0 Å². The highest BCUT2D eigenvalue weighted by Gasteiger charge is 2.26. The Morgan fingerprint density at radius 2 is 1.54 bits per heavy atom. The summed E-state index contributed by atoms with van der Waals surface area (Å²) in [5.74, 6) is 0.716. The molecule has 0 aliphatic heterocycles. The summed E-state index contributed by atoms with van der Waals surface area (Å²) in [5.41, 5.74) is 5.23. The first-order valence-electron chi connectivity index (χ1n) is 8.70. The lowest BCUT2D eigenvalue weighted by atomic mass is 9.83. The molecule has 3 rings (SSSR count). The van der Waals surface area contributed by atoms with Crippen LogP contribution in [0, 0.1) is 5.92 Å². The zero-order valence-electron chi connectivity index (χ0n) is 14.4. The Bertz CT molecular complexity index is 751. The molecule has 0 amide bonds. The van der Waals surface area contributed by atoms with Gasteiger partial charge in [-0.2, -0.15) is 0 Å². The van der Waals surface area contributed by atoms with Gasteiger partial charge < -0.3 is 0 Å². The lowest BCUT2D eigenvalue weighted by Gasteiger charge is -2.21. The number of carbonyl (C=O) groups excluding carboxylic acids is 1. The lowest BCUT2D eigenvalue weighted by Crippen LogP contribution is -2.09. The molecule has 0 aromatic heterocycles. The van der Waals surface area contributed by atoms with Gasteiger partial charge in [0.1, 0.15) is 5.78 Å². The first kappa shape index (κ1) is 16.4. The van der Waals surface area contributed by atoms with Crippen LogP contribution in [0.2, 0.25) is 0 Å². The van der Waals surface area contributed by atoms with Crippen molar-refractivity contribution >= 4 is 11.4 Å². The molecule has 1 aliphatic rings. The SMILES string of the molecule is CC(C)C(=O)CCC1=CC=C(c2ccccc2)C1c1ccccc1. The van der Waals surface area contributed by atoms with Crippen molar-refractivity contribution in [3.05, 3.63) is 89.5 Å². The minimum atomic E-state index is 0.115. The molecule has 0 radical (unpaired) electrons. The van der Waals surface area contributed by atoms with Gasteiger partial charge in [0.15, 0.2) is 0 Å². The van der Waals surface area contributed by atoms with E-state index in [-0.39, 0.29) is 11.8 Å². The van der Waals surface area contributed by atoms with Crippen molar-refractivity contribution in [2.75, 3.05) is 0 Å². The van der Waals surface area contributed by atoms with E-state index in [9.17, 15) is 4.79 Å². The van der Waals surface area contributed by atoms with Crippen molar-refractivity contribution in [3.63, 3.8) is 0 Å². The summed E-state index contributed by atoms with van der Waals surface area (Å²) >= 11 is 0. The molecule has 1 unspecified atom stereocenters. The highest BCUT2D eigenvalue weighted by Crippen LogP contribution is 2.43. The predicted octanol–water partition coefficient (Wildman–Crippen LogP) is 5.80. The van der Waals surface area contributed by atoms with Gasteiger partial charge in [0.2, 0.25) is 0 Å². The summed E-state index contributed by atoms with van der Waals surface area (Å²) in [6.07, 6.45) is 5.90. The van der Waals surface area contributed by atoms with E-state index < -0.39 is 0 Å². The van der Waals surface area contributed by atoms with Crippen molar-refractivity contribution < 1.29 is 4.79 Å². The van der Waals surface area contributed by atoms with Crippen LogP contribution in [0.4, 0.5) is 0 Å². The smallest absolute Gasteiger partial charge is 0.135 e. The average Bonchev–Trinajstić information content (AvgIpc) is 3.05. The molecule has 122 valence electrons. The summed E-state index contributed by atoms with van der Waals surface area (Å²) in [6.45, 7) is 3.96. The van der Waals surface area contributed by atoms with Gasteiger partial charge >= 0.3 is 0 Å². The van der Waals surface area contributed by atoms with Gasteiger partial charge in [0.05, 0.1) is 0 Å². The lowest BCUT2D eigenvalue weighted by molar-refractivity contribution is -0.121. The second kappa shape index (κ2) is 7.44. The van der Waals surface area contributed by atoms with Crippen LogP contribution >= 0.6 is 0 Å². The molecule has 2 aromatic rings. The van der Waals surface area contributed by atoms with Crippen LogP contribution in [-0.4, -0.2) is 5.78 Å². The maximum Gasteiger partial charge on any atom is 0.135 e. The van der Waals surface area contributed by atoms with Crippen LogP contribution < -0.4 is 0 Å². The summed E-state index contributed by atoms with van der Waals surface area (Å²) in [4.78, 5) is 12.1. The largest absolute Gasteiger partial charge is 0.299 e. The summed E-state index contributed by atoms with van der Waals surface area (Å²) < 4.78 is 0. The number of allylic oxidation sites excluding steroid dienone is 4. The zero-order chi connectivity index (χ0) is 16.9. The summed E-state index contributed by atoms with van der Waals surface area (Å²) in [7, 11) is 0. The van der Waals surface area contributed by atoms with Crippen LogP contribution in [0.15, 0.2) is 78.4 Å². The highest BCUT2D eigenvalue weighted by atomic mass is 16.1. The number of hydrogen-bond acceptors (Lipinski definition) is 1.